The lowest BCUT2D eigenvalue weighted by molar-refractivity contribution is -0.159. The van der Waals surface area contributed by atoms with Crippen molar-refractivity contribution in [1.82, 2.24) is 5.32 Å². The zero-order valence-corrected chi connectivity index (χ0v) is 15.2. The van der Waals surface area contributed by atoms with Crippen LogP contribution in [-0.4, -0.2) is 63.4 Å². The topological polar surface area (TPSA) is 173 Å². The molecule has 1 aromatic rings. The number of hydrogen-bond donors (Lipinski definition) is 6. The third-order valence-corrected chi connectivity index (χ3v) is 3.49. The number of aliphatic carboxylic acids is 4. The normalized spacial score (nSPS) is 14.7. The van der Waals surface area contributed by atoms with Crippen LogP contribution in [0.4, 0.5) is 5.69 Å². The van der Waals surface area contributed by atoms with Gasteiger partial charge in [0.25, 0.3) is 0 Å². The van der Waals surface area contributed by atoms with E-state index in [9.17, 15) is 0 Å². The Hall–Kier alpha value is -2.85. The first-order valence-electron chi connectivity index (χ1n) is 7.70. The average Bonchev–Trinajstić information content (AvgIpc) is 3.08. The number of halogens is 1. The molecule has 1 atom stereocenters. The van der Waals surface area contributed by atoms with Gasteiger partial charge >= 0.3 is 23.9 Å². The maximum atomic E-state index is 9.10. The van der Waals surface area contributed by atoms with Crippen molar-refractivity contribution in [2.45, 2.75) is 25.8 Å². The summed E-state index contributed by atoms with van der Waals surface area (Å²) in [6, 6.07) is 6.59. The minimum atomic E-state index is -1.82. The van der Waals surface area contributed by atoms with E-state index >= 15 is 0 Å². The molecule has 10 nitrogen and oxygen atoms in total. The summed E-state index contributed by atoms with van der Waals surface area (Å²) >= 11 is 5.90. The van der Waals surface area contributed by atoms with Crippen molar-refractivity contribution in [3.05, 3.63) is 28.8 Å². The molecule has 0 radical (unpaired) electrons. The van der Waals surface area contributed by atoms with Gasteiger partial charge in [-0.05, 0) is 50.1 Å². The summed E-state index contributed by atoms with van der Waals surface area (Å²) in [6.45, 7) is 4.24. The summed E-state index contributed by atoms with van der Waals surface area (Å²) in [7, 11) is 0. The van der Waals surface area contributed by atoms with Gasteiger partial charge < -0.3 is 31.1 Å². The Labute approximate surface area is 159 Å². The molecule has 0 aromatic heterocycles. The Morgan fingerprint density at radius 3 is 1.96 bits per heavy atom. The molecule has 11 heteroatoms. The molecule has 1 saturated heterocycles. The Morgan fingerprint density at radius 1 is 1.07 bits per heavy atom. The van der Waals surface area contributed by atoms with Crippen LogP contribution < -0.4 is 10.6 Å². The van der Waals surface area contributed by atoms with Gasteiger partial charge in [0.05, 0.1) is 0 Å². The van der Waals surface area contributed by atoms with Crippen molar-refractivity contribution in [3.63, 3.8) is 0 Å². The zero-order chi connectivity index (χ0) is 21.0. The lowest BCUT2D eigenvalue weighted by Gasteiger charge is -2.14. The lowest BCUT2D eigenvalue weighted by atomic mass is 10.2. The van der Waals surface area contributed by atoms with E-state index < -0.39 is 23.9 Å². The molecule has 1 aliphatic heterocycles. The molecule has 27 heavy (non-hydrogen) atoms. The lowest BCUT2D eigenvalue weighted by Crippen LogP contribution is -2.29. The summed E-state index contributed by atoms with van der Waals surface area (Å²) in [5.41, 5.74) is 2.40. The van der Waals surface area contributed by atoms with Crippen LogP contribution in [0.1, 0.15) is 18.4 Å². The fourth-order valence-electron chi connectivity index (χ4n) is 1.99. The fraction of sp³-hybridized carbons (Fsp3) is 0.375. The summed E-state index contributed by atoms with van der Waals surface area (Å²) < 4.78 is 0. The van der Waals surface area contributed by atoms with Gasteiger partial charge in [-0.2, -0.15) is 0 Å². The number of carbonyl (C=O) groups is 4. The fourth-order valence-corrected chi connectivity index (χ4v) is 2.22. The van der Waals surface area contributed by atoms with Gasteiger partial charge in [-0.1, -0.05) is 11.6 Å². The molecule has 0 saturated carbocycles. The highest BCUT2D eigenvalue weighted by atomic mass is 35.5. The van der Waals surface area contributed by atoms with E-state index in [2.05, 4.69) is 17.6 Å². The molecule has 6 N–H and O–H groups in total. The molecule has 0 bridgehead atoms. The van der Waals surface area contributed by atoms with Crippen LogP contribution in [0, 0.1) is 6.92 Å². The smallest absolute Gasteiger partial charge is 0.414 e. The van der Waals surface area contributed by atoms with Crippen LogP contribution in [-0.2, 0) is 19.2 Å². The van der Waals surface area contributed by atoms with E-state index in [0.29, 0.717) is 6.04 Å². The predicted molar refractivity (Wildman–Crippen MR) is 96.2 cm³/mol. The van der Waals surface area contributed by atoms with Crippen LogP contribution in [0.15, 0.2) is 18.2 Å². The summed E-state index contributed by atoms with van der Waals surface area (Å²) in [5.74, 6) is -7.30. The second-order valence-electron chi connectivity index (χ2n) is 5.35. The van der Waals surface area contributed by atoms with Crippen LogP contribution >= 0.6 is 11.6 Å². The van der Waals surface area contributed by atoms with Crippen LogP contribution in [0.3, 0.4) is 0 Å². The van der Waals surface area contributed by atoms with Crippen molar-refractivity contribution in [1.29, 1.82) is 0 Å². The molecule has 1 heterocycles. The molecular weight excluding hydrogens is 384 g/mol. The molecule has 0 aliphatic carbocycles. The largest absolute Gasteiger partial charge is 0.473 e. The number of carboxylic acid groups (broad SMARTS) is 4. The van der Waals surface area contributed by atoms with E-state index in [-0.39, 0.29) is 0 Å². The van der Waals surface area contributed by atoms with Crippen molar-refractivity contribution < 1.29 is 39.6 Å². The van der Waals surface area contributed by atoms with Crippen molar-refractivity contribution in [3.8, 4) is 0 Å². The molecule has 1 aromatic carbocycles. The molecule has 0 amide bonds. The highest BCUT2D eigenvalue weighted by molar-refractivity contribution is 6.30. The minimum Gasteiger partial charge on any atom is -0.473 e. The summed E-state index contributed by atoms with van der Waals surface area (Å²) in [6.07, 6.45) is 2.57. The first-order valence-corrected chi connectivity index (χ1v) is 8.08. The molecule has 2 rings (SSSR count). The van der Waals surface area contributed by atoms with Crippen LogP contribution in [0.5, 0.6) is 0 Å². The Bertz CT molecular complexity index is 626. The first-order chi connectivity index (χ1) is 12.5. The monoisotopic (exact) mass is 404 g/mol. The molecule has 150 valence electrons. The molecule has 1 aliphatic rings. The van der Waals surface area contributed by atoms with Gasteiger partial charge in [0.1, 0.15) is 0 Å². The summed E-state index contributed by atoms with van der Waals surface area (Å²) in [4.78, 5) is 36.4. The average molecular weight is 405 g/mol. The summed E-state index contributed by atoms with van der Waals surface area (Å²) in [5, 5.41) is 37.3. The number of nitrogens with one attached hydrogen (secondary N) is 2. The van der Waals surface area contributed by atoms with Gasteiger partial charge in [0.15, 0.2) is 0 Å². The predicted octanol–water partition coefficient (Wildman–Crippen LogP) is 1.12. The number of carboxylic acids is 4. The van der Waals surface area contributed by atoms with Gasteiger partial charge in [-0.3, -0.25) is 0 Å². The van der Waals surface area contributed by atoms with Gasteiger partial charge in [-0.15, -0.1) is 0 Å². The van der Waals surface area contributed by atoms with E-state index in [1.165, 1.54) is 24.1 Å². The number of benzene rings is 1. The quantitative estimate of drug-likeness (QED) is 0.400. The Balaban J connectivity index is 0.000000470. The molecule has 1 unspecified atom stereocenters. The maximum Gasteiger partial charge on any atom is 0.414 e. The molecule has 0 spiro atoms. The SMILES string of the molecule is Cc1cc(Cl)ccc1NCC1CCCN1.O=C(O)C(=O)O.O=C(O)C(=O)O. The van der Waals surface area contributed by atoms with E-state index in [0.717, 1.165) is 18.1 Å². The standard InChI is InChI=1S/C12H17ClN2.2C2H2O4/c1-9-7-10(13)4-5-12(9)15-8-11-3-2-6-14-11;2*3-1(4)2(5)6/h4-5,7,11,14-15H,2-3,6,8H2,1H3;2*(H,3,4)(H,5,6). The van der Waals surface area contributed by atoms with Crippen molar-refractivity contribution >= 4 is 41.2 Å². The van der Waals surface area contributed by atoms with Crippen molar-refractivity contribution in [2.75, 3.05) is 18.4 Å². The van der Waals surface area contributed by atoms with Crippen LogP contribution in [0.2, 0.25) is 5.02 Å². The second kappa shape index (κ2) is 12.5. The van der Waals surface area contributed by atoms with Gasteiger partial charge in [0.2, 0.25) is 0 Å². The maximum absolute atomic E-state index is 9.10. The van der Waals surface area contributed by atoms with Crippen molar-refractivity contribution in [2.24, 2.45) is 0 Å². The zero-order valence-electron chi connectivity index (χ0n) is 14.4. The van der Waals surface area contributed by atoms with E-state index in [1.54, 1.807) is 0 Å². The third-order valence-electron chi connectivity index (χ3n) is 3.26. The first kappa shape index (κ1) is 24.1. The molecule has 1 fully saturated rings. The highest BCUT2D eigenvalue weighted by Crippen LogP contribution is 2.19. The highest BCUT2D eigenvalue weighted by Gasteiger charge is 2.13. The number of hydrogen-bond acceptors (Lipinski definition) is 6. The van der Waals surface area contributed by atoms with Gasteiger partial charge in [-0.25, -0.2) is 19.2 Å². The Kier molecular flexibility index (Phi) is 11.2. The molecular formula is C16H21ClN2O8. The van der Waals surface area contributed by atoms with E-state index in [4.69, 9.17) is 51.2 Å². The second-order valence-corrected chi connectivity index (χ2v) is 5.79. The Morgan fingerprint density at radius 2 is 1.59 bits per heavy atom. The minimum absolute atomic E-state index is 0.625. The van der Waals surface area contributed by atoms with Crippen LogP contribution in [0.25, 0.3) is 0 Å². The van der Waals surface area contributed by atoms with Gasteiger partial charge in [0, 0.05) is 23.3 Å². The number of anilines is 1. The third kappa shape index (κ3) is 11.4. The van der Waals surface area contributed by atoms with E-state index in [1.807, 2.05) is 18.2 Å². The number of rotatable bonds is 3. The number of aryl methyl sites for hydroxylation is 1.